The highest BCUT2D eigenvalue weighted by molar-refractivity contribution is 9.10. The molecule has 0 saturated carbocycles. The van der Waals surface area contributed by atoms with Gasteiger partial charge >= 0.3 is 0 Å². The van der Waals surface area contributed by atoms with Crippen LogP contribution in [0, 0.1) is 0 Å². The van der Waals surface area contributed by atoms with Crippen LogP contribution < -0.4 is 10.5 Å². The molecule has 1 heterocycles. The van der Waals surface area contributed by atoms with Gasteiger partial charge in [-0.1, -0.05) is 54.6 Å². The molecule has 0 bridgehead atoms. The Bertz CT molecular complexity index is 1480. The molecule has 0 atom stereocenters. The molecule has 176 valence electrons. The first-order chi connectivity index (χ1) is 17.1. The third kappa shape index (κ3) is 5.39. The normalized spacial score (nSPS) is 11.4. The molecule has 6 heteroatoms. The predicted molar refractivity (Wildman–Crippen MR) is 146 cm³/mol. The number of Topliss-reactive ketones (excluding diaryl/α,β-unsaturated/α-hetero) is 1. The minimum absolute atomic E-state index is 0.0274. The molecule has 1 aromatic heterocycles. The fraction of sp³-hybridized carbons (Fsp3) is 0.138. The monoisotopic (exact) mass is 527 g/mol. The molecule has 3 N–H and O–H groups in total. The second-order valence-corrected chi connectivity index (χ2v) is 9.44. The molecular formula is C29H26BrN3O2. The van der Waals surface area contributed by atoms with E-state index in [1.54, 1.807) is 12.1 Å². The number of fused-ring (bicyclic) bond motifs is 3. The van der Waals surface area contributed by atoms with Crippen molar-refractivity contribution in [1.29, 1.82) is 0 Å². The van der Waals surface area contributed by atoms with Crippen molar-refractivity contribution in [2.24, 2.45) is 0 Å². The van der Waals surface area contributed by atoms with Crippen molar-refractivity contribution in [2.75, 3.05) is 25.4 Å². The van der Waals surface area contributed by atoms with Crippen LogP contribution in [0.4, 0.5) is 5.69 Å². The predicted octanol–water partition coefficient (Wildman–Crippen LogP) is 6.43. The van der Waals surface area contributed by atoms with E-state index in [9.17, 15) is 4.79 Å². The highest BCUT2D eigenvalue weighted by Crippen LogP contribution is 2.28. The molecule has 0 radical (unpaired) electrons. The van der Waals surface area contributed by atoms with Gasteiger partial charge in [-0.2, -0.15) is 0 Å². The molecule has 0 saturated heterocycles. The Morgan fingerprint density at radius 3 is 2.49 bits per heavy atom. The van der Waals surface area contributed by atoms with Gasteiger partial charge in [0.1, 0.15) is 12.4 Å². The number of benzene rings is 4. The smallest absolute Gasteiger partial charge is 0.176 e. The lowest BCUT2D eigenvalue weighted by Gasteiger charge is -2.22. The number of aromatic nitrogens is 1. The van der Waals surface area contributed by atoms with Crippen molar-refractivity contribution in [3.63, 3.8) is 0 Å². The van der Waals surface area contributed by atoms with Crippen LogP contribution in [-0.4, -0.2) is 35.4 Å². The van der Waals surface area contributed by atoms with Gasteiger partial charge in [0.25, 0.3) is 0 Å². The number of para-hydroxylation sites is 1. The molecule has 5 rings (SSSR count). The van der Waals surface area contributed by atoms with E-state index in [1.165, 1.54) is 10.8 Å². The summed E-state index contributed by atoms with van der Waals surface area (Å²) in [6.07, 6.45) is 0. The second-order valence-electron chi connectivity index (χ2n) is 8.58. The largest absolute Gasteiger partial charge is 0.492 e. The number of nitrogens with two attached hydrogens (primary N) is 1. The van der Waals surface area contributed by atoms with E-state index in [0.717, 1.165) is 26.8 Å². The third-order valence-electron chi connectivity index (χ3n) is 6.09. The number of ether oxygens (including phenoxy) is 1. The van der Waals surface area contributed by atoms with Crippen molar-refractivity contribution in [3.8, 4) is 5.75 Å². The van der Waals surface area contributed by atoms with Gasteiger partial charge in [-0.15, -0.1) is 0 Å². The highest BCUT2D eigenvalue weighted by atomic mass is 79.9. The number of anilines is 1. The van der Waals surface area contributed by atoms with Crippen molar-refractivity contribution in [2.45, 2.75) is 6.54 Å². The third-order valence-corrected chi connectivity index (χ3v) is 6.81. The Hall–Kier alpha value is -3.61. The number of carbonyl (C=O) groups excluding carboxylic acids is 1. The lowest BCUT2D eigenvalue weighted by Crippen LogP contribution is -2.33. The summed E-state index contributed by atoms with van der Waals surface area (Å²) in [5, 5.41) is 2.38. The van der Waals surface area contributed by atoms with Crippen LogP contribution in [0.5, 0.6) is 5.75 Å². The van der Waals surface area contributed by atoms with E-state index in [4.69, 9.17) is 10.5 Å². The van der Waals surface area contributed by atoms with E-state index < -0.39 is 0 Å². The van der Waals surface area contributed by atoms with Gasteiger partial charge in [0.15, 0.2) is 5.78 Å². The number of nitrogens with zero attached hydrogens (tertiary/aromatic N) is 1. The van der Waals surface area contributed by atoms with Crippen LogP contribution in [0.3, 0.4) is 0 Å². The van der Waals surface area contributed by atoms with Gasteiger partial charge in [-0.3, -0.25) is 9.69 Å². The maximum atomic E-state index is 13.0. The summed E-state index contributed by atoms with van der Waals surface area (Å²) >= 11 is 3.39. The van der Waals surface area contributed by atoms with Gasteiger partial charge in [0, 0.05) is 51.2 Å². The molecule has 0 fully saturated rings. The van der Waals surface area contributed by atoms with Crippen molar-refractivity contribution < 1.29 is 9.53 Å². The quantitative estimate of drug-likeness (QED) is 0.171. The van der Waals surface area contributed by atoms with Crippen LogP contribution in [0.15, 0.2) is 95.5 Å². The number of aromatic amines is 1. The first-order valence-corrected chi connectivity index (χ1v) is 12.3. The van der Waals surface area contributed by atoms with Gasteiger partial charge in [-0.05, 0) is 51.8 Å². The molecule has 0 spiro atoms. The summed E-state index contributed by atoms with van der Waals surface area (Å²) in [7, 11) is 0. The Kier molecular flexibility index (Phi) is 6.84. The zero-order chi connectivity index (χ0) is 24.2. The van der Waals surface area contributed by atoms with Crippen molar-refractivity contribution in [1.82, 2.24) is 9.88 Å². The molecule has 0 unspecified atom stereocenters. The topological polar surface area (TPSA) is 71.3 Å². The van der Waals surface area contributed by atoms with Gasteiger partial charge in [-0.25, -0.2) is 0 Å². The number of H-pyrrole nitrogens is 1. The summed E-state index contributed by atoms with van der Waals surface area (Å²) in [5.41, 5.74) is 10.5. The number of rotatable bonds is 9. The summed E-state index contributed by atoms with van der Waals surface area (Å²) in [4.78, 5) is 18.6. The van der Waals surface area contributed by atoms with E-state index in [2.05, 4.69) is 56.1 Å². The molecule has 0 aliphatic carbocycles. The lowest BCUT2D eigenvalue weighted by molar-refractivity contribution is 0.0912. The summed E-state index contributed by atoms with van der Waals surface area (Å²) in [6.45, 7) is 2.01. The van der Waals surface area contributed by atoms with Crippen LogP contribution in [-0.2, 0) is 6.54 Å². The Morgan fingerprint density at radius 2 is 1.66 bits per heavy atom. The van der Waals surface area contributed by atoms with Crippen LogP contribution in [0.1, 0.15) is 15.9 Å². The number of ketones is 1. The van der Waals surface area contributed by atoms with E-state index >= 15 is 0 Å². The first-order valence-electron chi connectivity index (χ1n) is 11.5. The number of carbonyl (C=O) groups is 1. The second kappa shape index (κ2) is 10.3. The molecule has 0 aliphatic rings. The fourth-order valence-electron chi connectivity index (χ4n) is 4.28. The van der Waals surface area contributed by atoms with Crippen molar-refractivity contribution in [3.05, 3.63) is 107 Å². The molecular weight excluding hydrogens is 502 g/mol. The summed E-state index contributed by atoms with van der Waals surface area (Å²) < 4.78 is 6.89. The highest BCUT2D eigenvalue weighted by Gasteiger charge is 2.15. The zero-order valence-electron chi connectivity index (χ0n) is 19.2. The van der Waals surface area contributed by atoms with Crippen LogP contribution >= 0.6 is 15.9 Å². The standard InChI is InChI=1S/C29H26BrN3O2/c30-25-13-10-21(16-26(25)31)29(34)19-33(18-20-6-2-1-3-7-20)14-15-35-22-11-12-24-23-8-4-5-9-27(23)32-28(24)17-22/h1-13,16-17,32H,14-15,18-19,31H2. The Balaban J connectivity index is 1.28. The summed E-state index contributed by atoms with van der Waals surface area (Å²) in [6, 6.07) is 29.9. The maximum Gasteiger partial charge on any atom is 0.176 e. The number of nitrogen functional groups attached to an aromatic ring is 1. The Morgan fingerprint density at radius 1 is 0.886 bits per heavy atom. The van der Waals surface area contributed by atoms with Crippen LogP contribution in [0.2, 0.25) is 0 Å². The van der Waals surface area contributed by atoms with Gasteiger partial charge in [0.05, 0.1) is 12.1 Å². The molecule has 5 aromatic rings. The molecule has 4 aromatic carbocycles. The average Bonchev–Trinajstić information content (AvgIpc) is 3.24. The summed E-state index contributed by atoms with van der Waals surface area (Å²) in [5.74, 6) is 0.829. The molecule has 0 amide bonds. The minimum Gasteiger partial charge on any atom is -0.492 e. The number of halogens is 1. The minimum atomic E-state index is 0.0274. The number of hydrogen-bond acceptors (Lipinski definition) is 4. The van der Waals surface area contributed by atoms with E-state index in [-0.39, 0.29) is 12.3 Å². The zero-order valence-corrected chi connectivity index (χ0v) is 20.8. The molecule has 5 nitrogen and oxygen atoms in total. The first kappa shape index (κ1) is 23.1. The van der Waals surface area contributed by atoms with Crippen LogP contribution in [0.25, 0.3) is 21.8 Å². The van der Waals surface area contributed by atoms with Crippen molar-refractivity contribution >= 4 is 49.2 Å². The van der Waals surface area contributed by atoms with E-state index in [1.807, 2.05) is 48.5 Å². The molecule has 0 aliphatic heterocycles. The fourth-order valence-corrected chi connectivity index (χ4v) is 4.53. The average molecular weight is 528 g/mol. The maximum absolute atomic E-state index is 13.0. The SMILES string of the molecule is Nc1cc(C(=O)CN(CCOc2ccc3c(c2)[nH]c2ccccc23)Cc2ccccc2)ccc1Br. The Labute approximate surface area is 212 Å². The number of nitrogens with one attached hydrogen (secondary N) is 1. The van der Waals surface area contributed by atoms with Gasteiger partial charge in [0.2, 0.25) is 0 Å². The number of hydrogen-bond donors (Lipinski definition) is 2. The molecule has 35 heavy (non-hydrogen) atoms. The van der Waals surface area contributed by atoms with E-state index in [0.29, 0.717) is 30.9 Å². The van der Waals surface area contributed by atoms with Gasteiger partial charge < -0.3 is 15.5 Å². The lowest BCUT2D eigenvalue weighted by atomic mass is 10.1.